The highest BCUT2D eigenvalue weighted by molar-refractivity contribution is 6.35. The van der Waals surface area contributed by atoms with Gasteiger partial charge in [-0.2, -0.15) is 5.26 Å². The number of carboxylic acid groups (broad SMARTS) is 1. The molecule has 0 radical (unpaired) electrons. The molecule has 6 heterocycles. The number of aliphatic carboxylic acids is 1. The Morgan fingerprint density at radius 2 is 1.69 bits per heavy atom. The molecule has 0 spiro atoms. The van der Waals surface area contributed by atoms with E-state index < -0.39 is 35.6 Å². The van der Waals surface area contributed by atoms with E-state index in [0.29, 0.717) is 86.5 Å². The van der Waals surface area contributed by atoms with Crippen LogP contribution in [-0.4, -0.2) is 146 Å². The van der Waals surface area contributed by atoms with E-state index in [2.05, 4.69) is 56.1 Å². The van der Waals surface area contributed by atoms with E-state index in [1.165, 1.54) is 55.0 Å². The topological polar surface area (TPSA) is 285 Å². The third kappa shape index (κ3) is 17.7. The third-order valence-corrected chi connectivity index (χ3v) is 13.5. The molecule has 1 aliphatic rings. The fraction of sp³-hybridized carbons (Fsp3) is 0.397. The number of nitrogens with one attached hydrogen (secondary N) is 3. The third-order valence-electron chi connectivity index (χ3n) is 13.1. The molecule has 0 bridgehead atoms. The average Bonchev–Trinajstić information content (AvgIpc) is 3.95. The average molecular weight is 1180 g/mol. The molecule has 442 valence electrons. The van der Waals surface area contributed by atoms with Crippen LogP contribution in [0.4, 0.5) is 14.5 Å². The van der Waals surface area contributed by atoms with E-state index in [-0.39, 0.29) is 87.6 Å². The van der Waals surface area contributed by atoms with Gasteiger partial charge in [0.1, 0.15) is 46.9 Å². The highest BCUT2D eigenvalue weighted by Crippen LogP contribution is 2.37. The molecule has 4 N–H and O–H groups in total. The quantitative estimate of drug-likeness (QED) is 0.0314. The molecule has 26 heteroatoms. The van der Waals surface area contributed by atoms with Crippen LogP contribution >= 0.6 is 11.6 Å². The predicted molar refractivity (Wildman–Crippen MR) is 302 cm³/mol. The molecule has 84 heavy (non-hydrogen) atoms. The zero-order valence-corrected chi connectivity index (χ0v) is 47.7. The minimum atomic E-state index is -1.10. The molecule has 7 aromatic rings. The number of rotatable bonds is 30. The van der Waals surface area contributed by atoms with Gasteiger partial charge in [-0.05, 0) is 68.5 Å². The smallest absolute Gasteiger partial charge is 0.326 e. The second kappa shape index (κ2) is 29.1. The fourth-order valence-corrected chi connectivity index (χ4v) is 8.70. The van der Waals surface area contributed by atoms with E-state index in [9.17, 15) is 29.1 Å². The number of hydrogen-bond acceptors (Lipinski definition) is 19. The Hall–Kier alpha value is -8.54. The number of nitrogens with zero attached hydrogens (tertiary/aromatic N) is 10. The summed E-state index contributed by atoms with van der Waals surface area (Å²) in [7, 11) is 0. The summed E-state index contributed by atoms with van der Waals surface area (Å²) in [5.41, 5.74) is 2.74. The Labute approximate surface area is 488 Å². The molecule has 0 aliphatic carbocycles. The number of anilines is 1. The van der Waals surface area contributed by atoms with Crippen molar-refractivity contribution >= 4 is 46.1 Å². The van der Waals surface area contributed by atoms with Crippen molar-refractivity contribution in [1.29, 1.82) is 5.26 Å². The van der Waals surface area contributed by atoms with Crippen LogP contribution in [0, 0.1) is 35.3 Å². The lowest BCUT2D eigenvalue weighted by atomic mass is 9.88. The summed E-state index contributed by atoms with van der Waals surface area (Å²) in [6.45, 7) is 14.0. The molecule has 5 aromatic heterocycles. The van der Waals surface area contributed by atoms with Crippen molar-refractivity contribution < 1.29 is 56.7 Å². The second-order valence-electron chi connectivity index (χ2n) is 20.8. The molecule has 8 rings (SSSR count). The molecule has 0 unspecified atom stereocenters. The van der Waals surface area contributed by atoms with E-state index >= 15 is 4.39 Å². The summed E-state index contributed by atoms with van der Waals surface area (Å²) in [5.74, 6) is -2.15. The number of nitriles is 1. The van der Waals surface area contributed by atoms with Gasteiger partial charge in [0.05, 0.1) is 97.0 Å². The lowest BCUT2D eigenvalue weighted by molar-refractivity contribution is -0.139. The summed E-state index contributed by atoms with van der Waals surface area (Å²) in [5, 5.41) is 36.0. The number of halogens is 3. The van der Waals surface area contributed by atoms with Crippen LogP contribution in [0.1, 0.15) is 79.5 Å². The van der Waals surface area contributed by atoms with Crippen molar-refractivity contribution in [3.05, 3.63) is 130 Å². The number of aryl methyl sites for hydroxylation is 1. The van der Waals surface area contributed by atoms with Crippen LogP contribution in [0.3, 0.4) is 0 Å². The van der Waals surface area contributed by atoms with Gasteiger partial charge in [0.2, 0.25) is 5.88 Å². The summed E-state index contributed by atoms with van der Waals surface area (Å²) in [4.78, 5) is 60.7. The van der Waals surface area contributed by atoms with Gasteiger partial charge < -0.3 is 49.5 Å². The van der Waals surface area contributed by atoms with Crippen LogP contribution in [0.15, 0.2) is 85.5 Å². The monoisotopic (exact) mass is 1180 g/mol. The number of amides is 2. The first-order valence-electron chi connectivity index (χ1n) is 27.0. The number of fused-ring (bicyclic) bond motifs is 1. The SMILES string of the molecule is Cc1nc2cc(F)c(-c3cnc(OCCOCCn4cc(COCCN5CC(OCCNC(=O)COc6cccc(Oc7ccc(C(=O)N[C@@H](CCC(C)(C)C)C(=O)O)cn7)c6)C5)nn4)nc3)nc2c(N[C@H](C)c2cc(C#N)ccc2F)c1Cl. The van der Waals surface area contributed by atoms with Crippen LogP contribution in [0.5, 0.6) is 23.4 Å². The first-order valence-corrected chi connectivity index (χ1v) is 27.4. The highest BCUT2D eigenvalue weighted by Gasteiger charge is 2.28. The normalized spacial score (nSPS) is 13.4. The Kier molecular flexibility index (Phi) is 21.3. The molecule has 1 saturated heterocycles. The van der Waals surface area contributed by atoms with Gasteiger partial charge in [-0.1, -0.05) is 43.7 Å². The van der Waals surface area contributed by atoms with Crippen LogP contribution < -0.4 is 30.2 Å². The molecule has 2 amide bonds. The Morgan fingerprint density at radius 1 is 0.905 bits per heavy atom. The molecule has 2 aromatic carbocycles. The number of carbonyl (C=O) groups excluding carboxylic acids is 2. The fourth-order valence-electron chi connectivity index (χ4n) is 8.51. The maximum atomic E-state index is 15.5. The van der Waals surface area contributed by atoms with E-state index in [1.807, 2.05) is 26.8 Å². The summed E-state index contributed by atoms with van der Waals surface area (Å²) >= 11 is 6.68. The van der Waals surface area contributed by atoms with Gasteiger partial charge in [0.25, 0.3) is 11.8 Å². The number of ether oxygens (including phenoxy) is 6. The highest BCUT2D eigenvalue weighted by atomic mass is 35.5. The van der Waals surface area contributed by atoms with Crippen molar-refractivity contribution in [2.45, 2.75) is 78.8 Å². The van der Waals surface area contributed by atoms with Crippen molar-refractivity contribution in [2.24, 2.45) is 5.41 Å². The number of carbonyl (C=O) groups is 3. The second-order valence-corrected chi connectivity index (χ2v) is 21.2. The lowest BCUT2D eigenvalue weighted by Gasteiger charge is -2.38. The molecular formula is C58H64ClF2N13O10. The van der Waals surface area contributed by atoms with Gasteiger partial charge in [0.15, 0.2) is 12.4 Å². The van der Waals surface area contributed by atoms with Gasteiger partial charge >= 0.3 is 12.0 Å². The van der Waals surface area contributed by atoms with E-state index in [0.717, 1.165) is 19.6 Å². The molecule has 2 atom stereocenters. The van der Waals surface area contributed by atoms with Gasteiger partial charge in [0, 0.05) is 74.1 Å². The summed E-state index contributed by atoms with van der Waals surface area (Å²) in [6, 6.07) is 15.4. The molecule has 1 aliphatic heterocycles. The molecule has 1 fully saturated rings. The summed E-state index contributed by atoms with van der Waals surface area (Å²) < 4.78 is 66.5. The Balaban J connectivity index is 0.649. The maximum Gasteiger partial charge on any atom is 0.326 e. The van der Waals surface area contributed by atoms with Crippen molar-refractivity contribution in [2.75, 3.05) is 71.1 Å². The number of aromatic nitrogens is 8. The van der Waals surface area contributed by atoms with Crippen molar-refractivity contribution in [1.82, 2.24) is 55.4 Å². The first kappa shape index (κ1) is 61.5. The largest absolute Gasteiger partial charge is 0.484 e. The van der Waals surface area contributed by atoms with Gasteiger partial charge in [-0.15, -0.1) is 5.10 Å². The zero-order chi connectivity index (χ0) is 59.8. The molecule has 0 saturated carbocycles. The molecular weight excluding hydrogens is 1110 g/mol. The number of carboxylic acids is 1. The van der Waals surface area contributed by atoms with Crippen molar-refractivity contribution in [3.8, 4) is 40.7 Å². The standard InChI is InChI=1S/C58H64ClF2N13O10/c1-35(44-23-37(26-62)9-11-45(44)60)68-54-51(59)36(2)67-48-25-46(61)52(70-53(48)54)39-28-65-57(66-29-39)82-22-21-79-20-17-74-30-40(71-72-74)33-80-19-16-73-31-43(32-73)81-18-15-63-49(75)34-83-41-7-6-8-42(24-41)84-50-12-10-38(27-64-50)55(76)69-47(56(77)78)13-14-58(3,4)5/h6-12,23-25,27-30,35,43,47H,13-22,31-34H2,1-5H3,(H,63,75)(H,67,68)(H,69,76)(H,77,78)/t35-,47+/m1/s1. The molecule has 23 nitrogen and oxygen atoms in total. The predicted octanol–water partition coefficient (Wildman–Crippen LogP) is 7.67. The Bertz CT molecular complexity index is 3430. The van der Waals surface area contributed by atoms with Gasteiger partial charge in [-0.3, -0.25) is 14.5 Å². The van der Waals surface area contributed by atoms with Crippen molar-refractivity contribution in [3.63, 3.8) is 0 Å². The minimum Gasteiger partial charge on any atom is -0.484 e. The maximum absolute atomic E-state index is 15.5. The number of likely N-dealkylation sites (tertiary alicyclic amines) is 1. The van der Waals surface area contributed by atoms with Crippen LogP contribution in [-0.2, 0) is 37.0 Å². The van der Waals surface area contributed by atoms with Crippen LogP contribution in [0.25, 0.3) is 22.3 Å². The van der Waals surface area contributed by atoms with Gasteiger partial charge in [-0.25, -0.2) is 43.2 Å². The number of benzene rings is 2. The van der Waals surface area contributed by atoms with Crippen LogP contribution in [0.2, 0.25) is 5.02 Å². The lowest BCUT2D eigenvalue weighted by Crippen LogP contribution is -2.53. The summed E-state index contributed by atoms with van der Waals surface area (Å²) in [6.07, 6.45) is 6.83. The number of pyridine rings is 3. The zero-order valence-electron chi connectivity index (χ0n) is 46.9. The first-order chi connectivity index (χ1) is 40.4. The number of hydrogen-bond donors (Lipinski definition) is 4. The van der Waals surface area contributed by atoms with E-state index in [4.69, 9.17) is 40.0 Å². The van der Waals surface area contributed by atoms with E-state index in [1.54, 1.807) is 49.0 Å². The Morgan fingerprint density at radius 3 is 2.44 bits per heavy atom. The minimum absolute atomic E-state index is 0.0499.